The maximum atomic E-state index is 13.0. The van der Waals surface area contributed by atoms with Gasteiger partial charge in [0.25, 0.3) is 5.91 Å². The predicted molar refractivity (Wildman–Crippen MR) is 107 cm³/mol. The quantitative estimate of drug-likeness (QED) is 0.774. The summed E-state index contributed by atoms with van der Waals surface area (Å²) in [6, 6.07) is 17.9. The number of halogens is 1. The average molecular weight is 383 g/mol. The van der Waals surface area contributed by atoms with E-state index in [1.54, 1.807) is 0 Å². The van der Waals surface area contributed by atoms with Crippen molar-refractivity contribution in [1.29, 1.82) is 0 Å². The maximum absolute atomic E-state index is 13.0. The lowest BCUT2D eigenvalue weighted by atomic mass is 9.49. The Hall–Kier alpha value is -2.33. The molecule has 5 heteroatoms. The summed E-state index contributed by atoms with van der Waals surface area (Å²) in [5.74, 6) is -0.200. The number of amides is 2. The van der Waals surface area contributed by atoms with Gasteiger partial charge in [0.1, 0.15) is 5.88 Å². The third-order valence-corrected chi connectivity index (χ3v) is 6.40. The van der Waals surface area contributed by atoms with E-state index in [-0.39, 0.29) is 35.2 Å². The molecule has 0 aromatic heterocycles. The second kappa shape index (κ2) is 7.35. The number of carbonyl (C=O) groups excluding carboxylic acids is 2. The van der Waals surface area contributed by atoms with Crippen LogP contribution in [-0.2, 0) is 4.79 Å². The predicted octanol–water partition coefficient (Wildman–Crippen LogP) is 3.75. The first-order valence-electron chi connectivity index (χ1n) is 9.45. The van der Waals surface area contributed by atoms with Crippen LogP contribution in [0.5, 0.6) is 0 Å². The van der Waals surface area contributed by atoms with Crippen LogP contribution in [0.1, 0.15) is 36.0 Å². The summed E-state index contributed by atoms with van der Waals surface area (Å²) in [5.41, 5.74) is 2.65. The molecule has 2 aromatic rings. The second-order valence-electron chi connectivity index (χ2n) is 7.51. The van der Waals surface area contributed by atoms with Crippen LogP contribution >= 0.6 is 11.6 Å². The Bertz CT molecular complexity index is 848. The normalized spacial score (nSPS) is 22.4. The van der Waals surface area contributed by atoms with Gasteiger partial charge >= 0.3 is 0 Å². The van der Waals surface area contributed by atoms with E-state index in [0.29, 0.717) is 5.56 Å². The van der Waals surface area contributed by atoms with Crippen molar-refractivity contribution in [1.82, 2.24) is 10.6 Å². The second-order valence-corrected chi connectivity index (χ2v) is 7.78. The Morgan fingerprint density at radius 1 is 0.963 bits per heavy atom. The van der Waals surface area contributed by atoms with E-state index in [2.05, 4.69) is 10.6 Å². The van der Waals surface area contributed by atoms with Crippen LogP contribution < -0.4 is 10.6 Å². The fourth-order valence-corrected chi connectivity index (χ4v) is 4.57. The molecule has 2 aromatic carbocycles. The summed E-state index contributed by atoms with van der Waals surface area (Å²) >= 11 is 5.63. The molecule has 2 aliphatic carbocycles. The van der Waals surface area contributed by atoms with Crippen LogP contribution in [0, 0.1) is 5.41 Å². The van der Waals surface area contributed by atoms with Crippen LogP contribution in [0.4, 0.5) is 0 Å². The van der Waals surface area contributed by atoms with Crippen molar-refractivity contribution in [2.45, 2.75) is 37.8 Å². The molecular formula is C22H23ClN2O2. The summed E-state index contributed by atoms with van der Waals surface area (Å²) < 4.78 is 0. The van der Waals surface area contributed by atoms with Crippen molar-refractivity contribution < 1.29 is 9.59 Å². The van der Waals surface area contributed by atoms with Crippen LogP contribution in [0.3, 0.4) is 0 Å². The van der Waals surface area contributed by atoms with Crippen molar-refractivity contribution >= 4 is 23.4 Å². The Morgan fingerprint density at radius 3 is 2.30 bits per heavy atom. The minimum atomic E-state index is -0.132. The molecule has 2 aliphatic rings. The van der Waals surface area contributed by atoms with Crippen molar-refractivity contribution in [2.24, 2.45) is 5.41 Å². The summed E-state index contributed by atoms with van der Waals surface area (Å²) in [6.07, 6.45) is 3.97. The van der Waals surface area contributed by atoms with Gasteiger partial charge in [-0.1, -0.05) is 55.0 Å². The van der Waals surface area contributed by atoms with Crippen molar-refractivity contribution in [3.63, 3.8) is 0 Å². The third kappa shape index (κ3) is 3.23. The zero-order valence-electron chi connectivity index (χ0n) is 15.1. The molecule has 140 valence electrons. The molecule has 2 amide bonds. The van der Waals surface area contributed by atoms with Gasteiger partial charge in [-0.25, -0.2) is 0 Å². The third-order valence-electron chi connectivity index (χ3n) is 6.16. The molecule has 4 rings (SSSR count). The van der Waals surface area contributed by atoms with E-state index in [9.17, 15) is 9.59 Å². The zero-order valence-corrected chi connectivity index (χ0v) is 15.8. The number of hydrogen-bond acceptors (Lipinski definition) is 2. The molecule has 27 heavy (non-hydrogen) atoms. The number of rotatable bonds is 5. The number of hydrogen-bond donors (Lipinski definition) is 2. The van der Waals surface area contributed by atoms with Crippen LogP contribution in [0.15, 0.2) is 54.6 Å². The number of alkyl halides is 1. The molecular weight excluding hydrogens is 360 g/mol. The molecule has 2 fully saturated rings. The van der Waals surface area contributed by atoms with Gasteiger partial charge in [0.15, 0.2) is 0 Å². The average Bonchev–Trinajstić information content (AvgIpc) is 2.66. The largest absolute Gasteiger partial charge is 0.352 e. The van der Waals surface area contributed by atoms with Crippen LogP contribution in [0.25, 0.3) is 11.1 Å². The molecule has 0 saturated heterocycles. The van der Waals surface area contributed by atoms with Crippen LogP contribution in [-0.4, -0.2) is 29.8 Å². The summed E-state index contributed by atoms with van der Waals surface area (Å²) in [7, 11) is 0. The summed E-state index contributed by atoms with van der Waals surface area (Å²) in [4.78, 5) is 24.7. The highest BCUT2D eigenvalue weighted by atomic mass is 35.5. The monoisotopic (exact) mass is 382 g/mol. The Labute approximate surface area is 164 Å². The van der Waals surface area contributed by atoms with E-state index in [1.807, 2.05) is 54.6 Å². The molecule has 0 aliphatic heterocycles. The molecule has 2 unspecified atom stereocenters. The summed E-state index contributed by atoms with van der Waals surface area (Å²) in [6.45, 7) is 0. The maximum Gasteiger partial charge on any atom is 0.252 e. The lowest BCUT2D eigenvalue weighted by Crippen LogP contribution is -2.71. The SMILES string of the molecule is O=C(CCl)NC1CC(NC(=O)c2ccccc2-c2ccccc2)C12CCC2. The lowest BCUT2D eigenvalue weighted by Gasteiger charge is -2.61. The van der Waals surface area contributed by atoms with E-state index >= 15 is 0 Å². The first kappa shape index (κ1) is 18.1. The lowest BCUT2D eigenvalue weighted by molar-refractivity contribution is -0.126. The van der Waals surface area contributed by atoms with Gasteiger partial charge in [-0.2, -0.15) is 0 Å². The van der Waals surface area contributed by atoms with Crippen LogP contribution in [0.2, 0.25) is 0 Å². The van der Waals surface area contributed by atoms with Crippen molar-refractivity contribution in [2.75, 3.05) is 5.88 Å². The molecule has 2 N–H and O–H groups in total. The van der Waals surface area contributed by atoms with Crippen molar-refractivity contribution in [3.8, 4) is 11.1 Å². The number of carbonyl (C=O) groups is 2. The first-order chi connectivity index (χ1) is 13.1. The fraction of sp³-hybridized carbons (Fsp3) is 0.364. The van der Waals surface area contributed by atoms with E-state index in [1.165, 1.54) is 0 Å². The molecule has 4 nitrogen and oxygen atoms in total. The summed E-state index contributed by atoms with van der Waals surface area (Å²) in [5, 5.41) is 6.25. The van der Waals surface area contributed by atoms with E-state index in [4.69, 9.17) is 11.6 Å². The molecule has 2 saturated carbocycles. The van der Waals surface area contributed by atoms with E-state index < -0.39 is 0 Å². The number of nitrogens with one attached hydrogen (secondary N) is 2. The standard InChI is InChI=1S/C22H23ClN2O2/c23-14-20(26)24-18-13-19(22(18)11-6-12-22)25-21(27)17-10-5-4-9-16(17)15-7-2-1-3-8-15/h1-5,7-10,18-19H,6,11-14H2,(H,24,26)(H,25,27). The fourth-order valence-electron chi connectivity index (χ4n) is 4.49. The van der Waals surface area contributed by atoms with Gasteiger partial charge in [0.2, 0.25) is 5.91 Å². The minimum absolute atomic E-state index is 0.000923. The van der Waals surface area contributed by atoms with E-state index in [0.717, 1.165) is 36.8 Å². The molecule has 0 bridgehead atoms. The smallest absolute Gasteiger partial charge is 0.252 e. The highest BCUT2D eigenvalue weighted by Crippen LogP contribution is 2.56. The van der Waals surface area contributed by atoms with Gasteiger partial charge in [-0.15, -0.1) is 11.6 Å². The minimum Gasteiger partial charge on any atom is -0.352 e. The Balaban J connectivity index is 1.50. The highest BCUT2D eigenvalue weighted by molar-refractivity contribution is 6.27. The van der Waals surface area contributed by atoms with Crippen molar-refractivity contribution in [3.05, 3.63) is 60.2 Å². The highest BCUT2D eigenvalue weighted by Gasteiger charge is 2.59. The molecule has 2 atom stereocenters. The molecule has 0 heterocycles. The van der Waals surface area contributed by atoms with Gasteiger partial charge in [0.05, 0.1) is 0 Å². The Kier molecular flexibility index (Phi) is 4.92. The Morgan fingerprint density at radius 2 is 1.63 bits per heavy atom. The molecule has 0 radical (unpaired) electrons. The van der Waals surface area contributed by atoms with Gasteiger partial charge in [0, 0.05) is 23.1 Å². The number of benzene rings is 2. The van der Waals surface area contributed by atoms with Gasteiger partial charge < -0.3 is 10.6 Å². The van der Waals surface area contributed by atoms with Gasteiger partial charge in [-0.05, 0) is 36.5 Å². The van der Waals surface area contributed by atoms with Gasteiger partial charge in [-0.3, -0.25) is 9.59 Å². The zero-order chi connectivity index (χ0) is 18.9. The molecule has 1 spiro atoms. The topological polar surface area (TPSA) is 58.2 Å². The first-order valence-corrected chi connectivity index (χ1v) is 9.98.